The first-order chi connectivity index (χ1) is 15.8. The number of guanidine groups is 1. The highest BCUT2D eigenvalue weighted by molar-refractivity contribution is 6.30. The summed E-state index contributed by atoms with van der Waals surface area (Å²) in [6.07, 6.45) is 0.511. The van der Waals surface area contributed by atoms with E-state index in [1.807, 2.05) is 30.0 Å². The first-order valence-electron chi connectivity index (χ1n) is 11.5. The lowest BCUT2D eigenvalue weighted by atomic mass is 10.1. The third-order valence-electron chi connectivity index (χ3n) is 7.17. The number of carbonyl (C=O) groups is 2. The highest BCUT2D eigenvalue weighted by atomic mass is 35.5. The molecule has 0 spiro atoms. The average Bonchev–Trinajstić information content (AvgIpc) is 3.30. The minimum absolute atomic E-state index is 0.284. The number of likely N-dealkylation sites (N-methyl/N-ethyl adjacent to an activating group) is 1. The van der Waals surface area contributed by atoms with Crippen molar-refractivity contribution in [2.45, 2.75) is 32.5 Å². The Morgan fingerprint density at radius 3 is 2.58 bits per heavy atom. The van der Waals surface area contributed by atoms with Crippen LogP contribution >= 0.6 is 11.6 Å². The van der Waals surface area contributed by atoms with Crippen LogP contribution in [0.4, 0.5) is 10.5 Å². The van der Waals surface area contributed by atoms with Gasteiger partial charge >= 0.3 is 6.03 Å². The zero-order valence-corrected chi connectivity index (χ0v) is 20.0. The van der Waals surface area contributed by atoms with Crippen molar-refractivity contribution in [1.82, 2.24) is 24.9 Å². The highest BCUT2D eigenvalue weighted by Crippen LogP contribution is 2.36. The average molecular weight is 472 g/mol. The van der Waals surface area contributed by atoms with E-state index >= 15 is 0 Å². The molecule has 4 heterocycles. The molecule has 0 aliphatic carbocycles. The van der Waals surface area contributed by atoms with Crippen molar-refractivity contribution in [1.29, 1.82) is 0 Å². The quantitative estimate of drug-likeness (QED) is 0.707. The van der Waals surface area contributed by atoms with E-state index < -0.39 is 18.2 Å². The number of amides is 3. The van der Waals surface area contributed by atoms with Crippen LogP contribution in [0.3, 0.4) is 0 Å². The van der Waals surface area contributed by atoms with E-state index in [0.29, 0.717) is 0 Å². The summed E-state index contributed by atoms with van der Waals surface area (Å²) in [4.78, 5) is 40.0. The summed E-state index contributed by atoms with van der Waals surface area (Å²) in [6.45, 7) is 9.94. The largest absolute Gasteiger partial charge is 0.369 e. The molecule has 0 bridgehead atoms. The van der Waals surface area contributed by atoms with Crippen molar-refractivity contribution in [3.05, 3.63) is 40.7 Å². The molecule has 3 amide bonds. The number of hydrogen-bond donors (Lipinski definition) is 1. The lowest BCUT2D eigenvalue weighted by molar-refractivity contribution is -0.126. The Labute approximate surface area is 199 Å². The molecule has 4 aliphatic rings. The Kier molecular flexibility index (Phi) is 5.70. The summed E-state index contributed by atoms with van der Waals surface area (Å²) in [6, 6.07) is 7.16. The second-order valence-corrected chi connectivity index (χ2v) is 9.48. The van der Waals surface area contributed by atoms with Gasteiger partial charge in [-0.1, -0.05) is 17.7 Å². The number of benzene rings is 1. The van der Waals surface area contributed by atoms with E-state index in [1.54, 1.807) is 7.05 Å². The molecule has 2 fully saturated rings. The van der Waals surface area contributed by atoms with Gasteiger partial charge in [-0.3, -0.25) is 19.9 Å². The third-order valence-corrected chi connectivity index (χ3v) is 7.41. The number of anilines is 1. The number of nitrogens with one attached hydrogen (secondary N) is 1. The molecule has 4 aliphatic heterocycles. The first kappa shape index (κ1) is 22.0. The fraction of sp³-hybridized carbons (Fsp3) is 0.522. The molecule has 0 saturated carbocycles. The number of nitrogens with zero attached hydrogens (tertiary/aromatic N) is 6. The fourth-order valence-corrected chi connectivity index (χ4v) is 5.33. The summed E-state index contributed by atoms with van der Waals surface area (Å²) in [7, 11) is 1.69. The molecule has 2 unspecified atom stereocenters. The SMILES string of the molecule is CC1=C(C)N2C(=NC3C2C(=O)NC(=O)N3C)N1CCCN1CCN(c2cccc(Cl)c2)CC1. The zero-order valence-electron chi connectivity index (χ0n) is 19.3. The maximum Gasteiger partial charge on any atom is 0.325 e. The molecule has 9 nitrogen and oxygen atoms in total. The number of urea groups is 1. The number of imide groups is 1. The van der Waals surface area contributed by atoms with E-state index in [2.05, 4.69) is 33.0 Å². The van der Waals surface area contributed by atoms with Crippen molar-refractivity contribution in [3.63, 3.8) is 0 Å². The van der Waals surface area contributed by atoms with Gasteiger partial charge < -0.3 is 14.7 Å². The predicted molar refractivity (Wildman–Crippen MR) is 128 cm³/mol. The van der Waals surface area contributed by atoms with E-state index in [9.17, 15) is 9.59 Å². The van der Waals surface area contributed by atoms with Gasteiger partial charge in [0.25, 0.3) is 5.91 Å². The Morgan fingerprint density at radius 2 is 1.85 bits per heavy atom. The van der Waals surface area contributed by atoms with E-state index in [0.717, 1.165) is 68.1 Å². The van der Waals surface area contributed by atoms with E-state index in [-0.39, 0.29) is 5.91 Å². The lowest BCUT2D eigenvalue weighted by Crippen LogP contribution is -2.63. The van der Waals surface area contributed by atoms with Crippen LogP contribution in [0.5, 0.6) is 0 Å². The molecule has 0 radical (unpaired) electrons. The van der Waals surface area contributed by atoms with Gasteiger partial charge in [0.15, 0.2) is 12.2 Å². The highest BCUT2D eigenvalue weighted by Gasteiger charge is 2.52. The number of fused-ring (bicyclic) bond motifs is 3. The van der Waals surface area contributed by atoms with Crippen LogP contribution < -0.4 is 10.2 Å². The molecule has 0 aromatic heterocycles. The summed E-state index contributed by atoms with van der Waals surface area (Å²) in [5, 5.41) is 3.22. The van der Waals surface area contributed by atoms with Crippen LogP contribution in [0, 0.1) is 0 Å². The zero-order chi connectivity index (χ0) is 23.3. The molecule has 1 N–H and O–H groups in total. The van der Waals surface area contributed by atoms with Gasteiger partial charge in [0.05, 0.1) is 0 Å². The molecule has 10 heteroatoms. The Bertz CT molecular complexity index is 1030. The maximum atomic E-state index is 12.6. The van der Waals surface area contributed by atoms with Crippen LogP contribution in [-0.4, -0.2) is 96.0 Å². The Balaban J connectivity index is 1.18. The molecule has 5 rings (SSSR count). The standard InChI is InChI=1S/C23H30ClN7O2/c1-15-16(2)31-19-20(27(3)23(33)26-21(19)32)25-22(31)30(15)9-5-8-28-10-12-29(13-11-28)18-7-4-6-17(24)14-18/h4,6-7,14,19-20H,5,8-13H2,1-3H3,(H,26,32,33). The molecule has 2 saturated heterocycles. The van der Waals surface area contributed by atoms with Crippen molar-refractivity contribution in [3.8, 4) is 0 Å². The monoisotopic (exact) mass is 471 g/mol. The Morgan fingerprint density at radius 1 is 1.09 bits per heavy atom. The van der Waals surface area contributed by atoms with Crippen molar-refractivity contribution in [2.75, 3.05) is 51.2 Å². The third kappa shape index (κ3) is 3.83. The van der Waals surface area contributed by atoms with Gasteiger partial charge in [-0.2, -0.15) is 0 Å². The number of rotatable bonds is 5. The molecule has 1 aromatic carbocycles. The van der Waals surface area contributed by atoms with Crippen LogP contribution in [0.1, 0.15) is 20.3 Å². The van der Waals surface area contributed by atoms with Crippen LogP contribution in [-0.2, 0) is 4.79 Å². The van der Waals surface area contributed by atoms with E-state index in [4.69, 9.17) is 16.6 Å². The minimum Gasteiger partial charge on any atom is -0.369 e. The number of allylic oxidation sites excluding steroid dienone is 2. The topological polar surface area (TPSA) is 74.7 Å². The molecule has 176 valence electrons. The summed E-state index contributed by atoms with van der Waals surface area (Å²) >= 11 is 6.15. The van der Waals surface area contributed by atoms with Crippen LogP contribution in [0.2, 0.25) is 5.02 Å². The number of carbonyl (C=O) groups excluding carboxylic acids is 2. The first-order valence-corrected chi connectivity index (χ1v) is 11.9. The van der Waals surface area contributed by atoms with Gasteiger partial charge in [0, 0.05) is 61.9 Å². The van der Waals surface area contributed by atoms with Gasteiger partial charge in [-0.25, -0.2) is 9.79 Å². The number of halogens is 1. The van der Waals surface area contributed by atoms with Gasteiger partial charge in [-0.15, -0.1) is 0 Å². The second kappa shape index (κ2) is 8.53. The maximum absolute atomic E-state index is 12.6. The van der Waals surface area contributed by atoms with Gasteiger partial charge in [0.2, 0.25) is 5.96 Å². The smallest absolute Gasteiger partial charge is 0.325 e. The summed E-state index contributed by atoms with van der Waals surface area (Å²) in [5.41, 5.74) is 3.32. The van der Waals surface area contributed by atoms with Crippen LogP contribution in [0.25, 0.3) is 0 Å². The number of aliphatic imine (C=N–C) groups is 1. The van der Waals surface area contributed by atoms with Gasteiger partial charge in [0.1, 0.15) is 0 Å². The Hall–Kier alpha value is -2.78. The summed E-state index contributed by atoms with van der Waals surface area (Å²) < 4.78 is 0. The summed E-state index contributed by atoms with van der Waals surface area (Å²) in [5.74, 6) is 0.496. The minimum atomic E-state index is -0.498. The predicted octanol–water partition coefficient (Wildman–Crippen LogP) is 1.97. The van der Waals surface area contributed by atoms with Crippen LogP contribution in [0.15, 0.2) is 40.7 Å². The molecule has 2 atom stereocenters. The molecule has 33 heavy (non-hydrogen) atoms. The number of piperazine rings is 1. The second-order valence-electron chi connectivity index (χ2n) is 9.05. The molecular weight excluding hydrogens is 442 g/mol. The normalized spacial score (nSPS) is 25.5. The van der Waals surface area contributed by atoms with Crippen molar-refractivity contribution >= 4 is 35.2 Å². The lowest BCUT2D eigenvalue weighted by Gasteiger charge is -2.36. The molecule has 1 aromatic rings. The fourth-order valence-electron chi connectivity index (χ4n) is 5.15. The molecular formula is C23H30ClN7O2. The van der Waals surface area contributed by atoms with E-state index in [1.165, 1.54) is 10.6 Å². The number of hydrogen-bond acceptors (Lipinski definition) is 7. The van der Waals surface area contributed by atoms with Gasteiger partial charge in [-0.05, 0) is 45.0 Å². The van der Waals surface area contributed by atoms with Crippen molar-refractivity contribution in [2.24, 2.45) is 4.99 Å². The van der Waals surface area contributed by atoms with Crippen molar-refractivity contribution < 1.29 is 9.59 Å².